The fourth-order valence-electron chi connectivity index (χ4n) is 1.90. The zero-order valence-electron chi connectivity index (χ0n) is 9.15. The van der Waals surface area contributed by atoms with Crippen LogP contribution in [0.4, 0.5) is 0 Å². The third kappa shape index (κ3) is 3.18. The molecule has 0 radical (unpaired) electrons. The van der Waals surface area contributed by atoms with Crippen molar-refractivity contribution < 1.29 is 9.53 Å². The lowest BCUT2D eigenvalue weighted by atomic mass is 10.1. The number of piperidine rings is 1. The zero-order valence-corrected chi connectivity index (χ0v) is 9.15. The molecule has 2 N–H and O–H groups in total. The average molecular weight is 212 g/mol. The van der Waals surface area contributed by atoms with Gasteiger partial charge in [-0.3, -0.25) is 4.79 Å². The van der Waals surface area contributed by atoms with Crippen molar-refractivity contribution >= 4 is 5.91 Å². The molecular formula is C11H20N2O2. The van der Waals surface area contributed by atoms with E-state index in [0.29, 0.717) is 13.2 Å². The number of nitrogens with zero attached hydrogens (tertiary/aromatic N) is 1. The van der Waals surface area contributed by atoms with Gasteiger partial charge in [-0.15, -0.1) is 0 Å². The summed E-state index contributed by atoms with van der Waals surface area (Å²) in [7, 11) is 0. The summed E-state index contributed by atoms with van der Waals surface area (Å²) in [5, 5.41) is 0. The Kier molecular flexibility index (Phi) is 3.59. The molecule has 1 amide bonds. The van der Waals surface area contributed by atoms with Crippen LogP contribution >= 0.6 is 0 Å². The average Bonchev–Trinajstić information content (AvgIpc) is 3.02. The Labute approximate surface area is 90.8 Å². The van der Waals surface area contributed by atoms with Gasteiger partial charge >= 0.3 is 0 Å². The fourth-order valence-corrected chi connectivity index (χ4v) is 1.90. The van der Waals surface area contributed by atoms with E-state index in [1.165, 1.54) is 12.8 Å². The van der Waals surface area contributed by atoms with Gasteiger partial charge in [-0.05, 0) is 31.6 Å². The first-order valence-electron chi connectivity index (χ1n) is 5.89. The van der Waals surface area contributed by atoms with Crippen molar-refractivity contribution in [2.45, 2.75) is 31.7 Å². The highest BCUT2D eigenvalue weighted by molar-refractivity contribution is 5.82. The van der Waals surface area contributed by atoms with E-state index in [9.17, 15) is 4.79 Å². The van der Waals surface area contributed by atoms with Gasteiger partial charge in [-0.25, -0.2) is 0 Å². The molecular weight excluding hydrogens is 192 g/mol. The van der Waals surface area contributed by atoms with E-state index in [1.807, 2.05) is 4.90 Å². The number of likely N-dealkylation sites (tertiary alicyclic amines) is 1. The maximum Gasteiger partial charge on any atom is 0.239 e. The Morgan fingerprint density at radius 3 is 2.93 bits per heavy atom. The third-order valence-corrected chi connectivity index (χ3v) is 3.13. The number of carbonyl (C=O) groups excluding carboxylic acids is 1. The summed E-state index contributed by atoms with van der Waals surface area (Å²) in [6, 6.07) is -0.276. The first kappa shape index (κ1) is 10.9. The van der Waals surface area contributed by atoms with Crippen molar-refractivity contribution in [3.8, 4) is 0 Å². The Morgan fingerprint density at radius 2 is 2.20 bits per heavy atom. The summed E-state index contributed by atoms with van der Waals surface area (Å²) in [6.45, 7) is 3.08. The largest absolute Gasteiger partial charge is 0.379 e. The normalized spacial score (nSPS) is 27.1. The number of ether oxygens (including phenoxy) is 1. The Morgan fingerprint density at radius 1 is 1.40 bits per heavy atom. The molecule has 1 saturated heterocycles. The first-order valence-corrected chi connectivity index (χ1v) is 5.89. The van der Waals surface area contributed by atoms with Crippen LogP contribution in [-0.2, 0) is 9.53 Å². The molecule has 0 spiro atoms. The number of hydrogen-bond acceptors (Lipinski definition) is 3. The van der Waals surface area contributed by atoms with Crippen molar-refractivity contribution in [1.29, 1.82) is 0 Å². The number of amides is 1. The molecule has 1 aliphatic heterocycles. The van der Waals surface area contributed by atoms with Gasteiger partial charge in [0.25, 0.3) is 0 Å². The van der Waals surface area contributed by atoms with E-state index in [2.05, 4.69) is 0 Å². The minimum absolute atomic E-state index is 0.0938. The zero-order chi connectivity index (χ0) is 10.7. The summed E-state index contributed by atoms with van der Waals surface area (Å²) >= 11 is 0. The van der Waals surface area contributed by atoms with Gasteiger partial charge in [0.05, 0.1) is 12.6 Å². The quantitative estimate of drug-likeness (QED) is 0.670. The van der Waals surface area contributed by atoms with Crippen LogP contribution < -0.4 is 5.73 Å². The maximum atomic E-state index is 11.6. The van der Waals surface area contributed by atoms with Gasteiger partial charge in [0, 0.05) is 19.7 Å². The predicted molar refractivity (Wildman–Crippen MR) is 57.3 cm³/mol. The van der Waals surface area contributed by atoms with Crippen LogP contribution in [0.25, 0.3) is 0 Å². The van der Waals surface area contributed by atoms with Crippen LogP contribution in [0.15, 0.2) is 0 Å². The second-order valence-electron chi connectivity index (χ2n) is 4.59. The van der Waals surface area contributed by atoms with Crippen molar-refractivity contribution in [1.82, 2.24) is 4.90 Å². The van der Waals surface area contributed by atoms with Crippen LogP contribution in [-0.4, -0.2) is 43.2 Å². The van der Waals surface area contributed by atoms with Crippen LogP contribution in [0.1, 0.15) is 25.7 Å². The standard InChI is InChI=1S/C11H20N2O2/c12-10-2-1-5-13(11(10)14)6-7-15-8-9-3-4-9/h9-10H,1-8,12H2. The van der Waals surface area contributed by atoms with Crippen LogP contribution in [0.2, 0.25) is 0 Å². The fraction of sp³-hybridized carbons (Fsp3) is 0.909. The molecule has 0 bridgehead atoms. The summed E-state index contributed by atoms with van der Waals surface area (Å²) in [5.74, 6) is 0.889. The van der Waals surface area contributed by atoms with Crippen molar-refractivity contribution in [3.63, 3.8) is 0 Å². The lowest BCUT2D eigenvalue weighted by Gasteiger charge is -2.30. The van der Waals surface area contributed by atoms with Crippen LogP contribution in [0.5, 0.6) is 0 Å². The summed E-state index contributed by atoms with van der Waals surface area (Å²) < 4.78 is 5.51. The number of carbonyl (C=O) groups is 1. The molecule has 1 aliphatic carbocycles. The molecule has 1 unspecified atom stereocenters. The monoisotopic (exact) mass is 212 g/mol. The van der Waals surface area contributed by atoms with Gasteiger partial charge in [0.15, 0.2) is 0 Å². The topological polar surface area (TPSA) is 55.6 Å². The molecule has 0 aromatic rings. The highest BCUT2D eigenvalue weighted by atomic mass is 16.5. The van der Waals surface area contributed by atoms with E-state index in [1.54, 1.807) is 0 Å². The number of rotatable bonds is 5. The smallest absolute Gasteiger partial charge is 0.239 e. The molecule has 2 rings (SSSR count). The molecule has 0 aromatic heterocycles. The minimum Gasteiger partial charge on any atom is -0.379 e. The molecule has 4 heteroatoms. The lowest BCUT2D eigenvalue weighted by molar-refractivity contribution is -0.135. The van der Waals surface area contributed by atoms with E-state index < -0.39 is 0 Å². The van der Waals surface area contributed by atoms with E-state index in [0.717, 1.165) is 31.9 Å². The third-order valence-electron chi connectivity index (χ3n) is 3.13. The van der Waals surface area contributed by atoms with Crippen molar-refractivity contribution in [2.24, 2.45) is 11.7 Å². The lowest BCUT2D eigenvalue weighted by Crippen LogP contribution is -2.49. The predicted octanol–water partition coefficient (Wildman–Crippen LogP) is 0.363. The van der Waals surface area contributed by atoms with E-state index in [-0.39, 0.29) is 11.9 Å². The molecule has 86 valence electrons. The van der Waals surface area contributed by atoms with Gasteiger partial charge in [0.2, 0.25) is 5.91 Å². The van der Waals surface area contributed by atoms with Crippen LogP contribution in [0.3, 0.4) is 0 Å². The highest BCUT2D eigenvalue weighted by Gasteiger charge is 2.25. The van der Waals surface area contributed by atoms with Crippen molar-refractivity contribution in [3.05, 3.63) is 0 Å². The van der Waals surface area contributed by atoms with E-state index in [4.69, 9.17) is 10.5 Å². The Bertz CT molecular complexity index is 229. The Hall–Kier alpha value is -0.610. The molecule has 2 fully saturated rings. The molecule has 2 aliphatic rings. The van der Waals surface area contributed by atoms with Gasteiger partial charge < -0.3 is 15.4 Å². The number of hydrogen-bond donors (Lipinski definition) is 1. The van der Waals surface area contributed by atoms with Gasteiger partial charge in [-0.1, -0.05) is 0 Å². The SMILES string of the molecule is NC1CCCN(CCOCC2CC2)C1=O. The van der Waals surface area contributed by atoms with E-state index >= 15 is 0 Å². The van der Waals surface area contributed by atoms with Gasteiger partial charge in [0.1, 0.15) is 0 Å². The minimum atomic E-state index is -0.276. The molecule has 15 heavy (non-hydrogen) atoms. The molecule has 1 saturated carbocycles. The summed E-state index contributed by atoms with van der Waals surface area (Å²) in [6.07, 6.45) is 4.48. The second-order valence-corrected chi connectivity index (χ2v) is 4.59. The summed E-state index contributed by atoms with van der Waals surface area (Å²) in [4.78, 5) is 13.4. The Balaban J connectivity index is 1.61. The maximum absolute atomic E-state index is 11.6. The molecule has 1 atom stereocenters. The first-order chi connectivity index (χ1) is 7.27. The second kappa shape index (κ2) is 4.94. The van der Waals surface area contributed by atoms with Crippen molar-refractivity contribution in [2.75, 3.05) is 26.3 Å². The molecule has 0 aromatic carbocycles. The summed E-state index contributed by atoms with van der Waals surface area (Å²) in [5.41, 5.74) is 5.70. The van der Waals surface area contributed by atoms with Gasteiger partial charge in [-0.2, -0.15) is 0 Å². The molecule has 4 nitrogen and oxygen atoms in total. The molecule has 1 heterocycles. The highest BCUT2D eigenvalue weighted by Crippen LogP contribution is 2.28. The van der Waals surface area contributed by atoms with Crippen LogP contribution in [0, 0.1) is 5.92 Å². The number of nitrogens with two attached hydrogens (primary N) is 1.